The first kappa shape index (κ1) is 39.2. The van der Waals surface area contributed by atoms with E-state index in [9.17, 15) is 0 Å². The van der Waals surface area contributed by atoms with E-state index in [1.807, 2.05) is 11.3 Å². The van der Waals surface area contributed by atoms with Gasteiger partial charge in [0.2, 0.25) is 0 Å². The monoisotopic (exact) mass is 872 g/mol. The highest BCUT2D eigenvalue weighted by Gasteiger charge is 2.24. The molecule has 1 aliphatic rings. The molecular formula is C64H44N2S. The third-order valence-corrected chi connectivity index (χ3v) is 14.8. The molecule has 316 valence electrons. The van der Waals surface area contributed by atoms with Gasteiger partial charge in [0.1, 0.15) is 0 Å². The zero-order valence-electron chi connectivity index (χ0n) is 36.8. The van der Waals surface area contributed by atoms with Crippen molar-refractivity contribution in [1.82, 2.24) is 9.13 Å². The Morgan fingerprint density at radius 3 is 1.52 bits per heavy atom. The van der Waals surface area contributed by atoms with Gasteiger partial charge in [0, 0.05) is 43.2 Å². The Morgan fingerprint density at radius 1 is 0.373 bits per heavy atom. The van der Waals surface area contributed by atoms with E-state index in [0.29, 0.717) is 0 Å². The van der Waals surface area contributed by atoms with E-state index >= 15 is 0 Å². The van der Waals surface area contributed by atoms with Crippen LogP contribution in [0.25, 0.3) is 109 Å². The summed E-state index contributed by atoms with van der Waals surface area (Å²) >= 11 is 1.88. The molecule has 0 radical (unpaired) electrons. The molecule has 1 atom stereocenters. The fourth-order valence-corrected chi connectivity index (χ4v) is 11.9. The van der Waals surface area contributed by atoms with Crippen molar-refractivity contribution in [3.05, 3.63) is 254 Å². The van der Waals surface area contributed by atoms with Crippen LogP contribution in [-0.2, 0) is 0 Å². The number of hydrogen-bond donors (Lipinski definition) is 0. The van der Waals surface area contributed by atoms with E-state index < -0.39 is 0 Å². The molecule has 0 N–H and O–H groups in total. The Bertz CT molecular complexity index is 3810. The van der Waals surface area contributed by atoms with Gasteiger partial charge in [0.15, 0.2) is 0 Å². The lowest BCUT2D eigenvalue weighted by Crippen LogP contribution is -2.07. The highest BCUT2D eigenvalue weighted by atomic mass is 32.1. The summed E-state index contributed by atoms with van der Waals surface area (Å²) < 4.78 is 7.57. The molecule has 13 rings (SSSR count). The van der Waals surface area contributed by atoms with Gasteiger partial charge in [-0.3, -0.25) is 0 Å². The number of fused-ring (bicyclic) bond motifs is 5. The zero-order valence-corrected chi connectivity index (χ0v) is 37.6. The molecule has 0 fully saturated rings. The summed E-state index contributed by atoms with van der Waals surface area (Å²) in [5.41, 5.74) is 15.5. The Kier molecular flexibility index (Phi) is 9.54. The molecule has 0 saturated heterocycles. The molecule has 0 aliphatic heterocycles. The molecular weight excluding hydrogens is 829 g/mol. The number of allylic oxidation sites excluding steroid dienone is 4. The SMILES string of the molecule is C1=CCC(c2ccc(-c3ccccc3)n2-c2ccc3c(-c4ccccc4)c4cc(-n5c(-c6ccccc6)ccc5-c5ccccc5)ccc4c(-c4cccc5sc6ccccc6c45)c3c2)C=C1. The average molecular weight is 873 g/mol. The summed E-state index contributed by atoms with van der Waals surface area (Å²) in [5.74, 6) is 0.258. The highest BCUT2D eigenvalue weighted by Crippen LogP contribution is 2.49. The van der Waals surface area contributed by atoms with Crippen LogP contribution in [0.4, 0.5) is 0 Å². The number of rotatable bonds is 8. The van der Waals surface area contributed by atoms with Gasteiger partial charge in [0.05, 0.1) is 17.1 Å². The quantitative estimate of drug-likeness (QED) is 0.135. The first-order chi connectivity index (χ1) is 33.3. The van der Waals surface area contributed by atoms with E-state index in [2.05, 4.69) is 258 Å². The molecule has 0 spiro atoms. The molecule has 0 saturated carbocycles. The second-order valence-corrected chi connectivity index (χ2v) is 18.6. The van der Waals surface area contributed by atoms with Gasteiger partial charge >= 0.3 is 0 Å². The Balaban J connectivity index is 1.16. The molecule has 12 aromatic rings. The van der Waals surface area contributed by atoms with Gasteiger partial charge in [-0.15, -0.1) is 11.3 Å². The molecule has 2 nitrogen and oxygen atoms in total. The molecule has 9 aromatic carbocycles. The highest BCUT2D eigenvalue weighted by molar-refractivity contribution is 7.26. The van der Waals surface area contributed by atoms with Crippen LogP contribution in [0.2, 0.25) is 0 Å². The van der Waals surface area contributed by atoms with Crippen molar-refractivity contribution in [1.29, 1.82) is 0 Å². The van der Waals surface area contributed by atoms with E-state index in [-0.39, 0.29) is 5.92 Å². The average Bonchev–Trinajstić information content (AvgIpc) is 4.16. The van der Waals surface area contributed by atoms with Crippen molar-refractivity contribution in [2.24, 2.45) is 0 Å². The fraction of sp³-hybridized carbons (Fsp3) is 0.0312. The maximum Gasteiger partial charge on any atom is 0.0535 e. The molecule has 0 bridgehead atoms. The van der Waals surface area contributed by atoms with E-state index in [4.69, 9.17) is 0 Å². The van der Waals surface area contributed by atoms with Gasteiger partial charge in [-0.1, -0.05) is 188 Å². The minimum Gasteiger partial charge on any atom is -0.313 e. The lowest BCUT2D eigenvalue weighted by atomic mass is 9.84. The van der Waals surface area contributed by atoms with Gasteiger partial charge in [0.25, 0.3) is 0 Å². The van der Waals surface area contributed by atoms with Crippen LogP contribution in [-0.4, -0.2) is 9.13 Å². The third kappa shape index (κ3) is 6.62. The molecule has 67 heavy (non-hydrogen) atoms. The number of aromatic nitrogens is 2. The zero-order chi connectivity index (χ0) is 44.3. The summed E-state index contributed by atoms with van der Waals surface area (Å²) in [6.07, 6.45) is 9.97. The smallest absolute Gasteiger partial charge is 0.0535 e. The summed E-state index contributed by atoms with van der Waals surface area (Å²) in [6, 6.07) is 83.0. The predicted molar refractivity (Wildman–Crippen MR) is 286 cm³/mol. The van der Waals surface area contributed by atoms with Crippen molar-refractivity contribution in [3.8, 4) is 67.4 Å². The lowest BCUT2D eigenvalue weighted by molar-refractivity contribution is 0.786. The van der Waals surface area contributed by atoms with Crippen LogP contribution in [0, 0.1) is 0 Å². The number of thiophene rings is 1. The number of hydrogen-bond acceptors (Lipinski definition) is 1. The van der Waals surface area contributed by atoms with Gasteiger partial charge < -0.3 is 9.13 Å². The van der Waals surface area contributed by atoms with Crippen LogP contribution in [0.5, 0.6) is 0 Å². The van der Waals surface area contributed by atoms with Crippen molar-refractivity contribution in [2.75, 3.05) is 0 Å². The number of benzene rings is 9. The minimum atomic E-state index is 0.258. The third-order valence-electron chi connectivity index (χ3n) is 13.7. The molecule has 3 heteroatoms. The van der Waals surface area contributed by atoms with E-state index in [1.165, 1.54) is 92.0 Å². The minimum absolute atomic E-state index is 0.258. The van der Waals surface area contributed by atoms with Crippen molar-refractivity contribution in [3.63, 3.8) is 0 Å². The Labute approximate surface area is 394 Å². The van der Waals surface area contributed by atoms with E-state index in [0.717, 1.165) is 29.2 Å². The molecule has 3 aromatic heterocycles. The molecule has 0 amide bonds. The molecule has 1 unspecified atom stereocenters. The second kappa shape index (κ2) is 16.3. The molecule has 3 heterocycles. The summed E-state index contributed by atoms with van der Waals surface area (Å²) in [5, 5.41) is 7.49. The lowest BCUT2D eigenvalue weighted by Gasteiger charge is -2.23. The van der Waals surface area contributed by atoms with Gasteiger partial charge in [-0.25, -0.2) is 0 Å². The Hall–Kier alpha value is -8.24. The fourth-order valence-electron chi connectivity index (χ4n) is 10.7. The van der Waals surface area contributed by atoms with Crippen molar-refractivity contribution < 1.29 is 0 Å². The van der Waals surface area contributed by atoms with Crippen molar-refractivity contribution >= 4 is 53.1 Å². The normalized spacial score (nSPS) is 13.6. The van der Waals surface area contributed by atoms with Crippen LogP contribution < -0.4 is 0 Å². The van der Waals surface area contributed by atoms with Crippen molar-refractivity contribution in [2.45, 2.75) is 12.3 Å². The van der Waals surface area contributed by atoms with Crippen LogP contribution in [0.15, 0.2) is 249 Å². The van der Waals surface area contributed by atoms with Gasteiger partial charge in [-0.05, 0) is 128 Å². The first-order valence-corrected chi connectivity index (χ1v) is 24.0. The largest absolute Gasteiger partial charge is 0.313 e. The van der Waals surface area contributed by atoms with Crippen LogP contribution in [0.1, 0.15) is 18.0 Å². The number of nitrogens with zero attached hydrogens (tertiary/aromatic N) is 2. The second-order valence-electron chi connectivity index (χ2n) is 17.5. The maximum absolute atomic E-state index is 2.52. The summed E-state index contributed by atoms with van der Waals surface area (Å²) in [4.78, 5) is 0. The summed E-state index contributed by atoms with van der Waals surface area (Å²) in [6.45, 7) is 0. The van der Waals surface area contributed by atoms with Crippen LogP contribution in [0.3, 0.4) is 0 Å². The summed E-state index contributed by atoms with van der Waals surface area (Å²) in [7, 11) is 0. The molecule has 1 aliphatic carbocycles. The predicted octanol–water partition coefficient (Wildman–Crippen LogP) is 17.9. The first-order valence-electron chi connectivity index (χ1n) is 23.2. The Morgan fingerprint density at radius 2 is 0.896 bits per heavy atom. The standard InChI is InChI=1S/C64H44N2S/c1-6-19-43(20-7-1)56-37-38-57(44-21-8-2-9-22-44)65(56)48-34-36-51-54(41-48)62(47-27-14-5-15-28-47)50-35-33-49(66-58(45-23-10-3-11-24-45)39-40-59(66)46-25-12-4-13-26-46)42-55(50)63(51)53-30-18-32-61-64(53)52-29-16-17-31-60(52)67-61/h1-25,27-42,46H,26H2. The topological polar surface area (TPSA) is 9.86 Å². The van der Waals surface area contributed by atoms with Gasteiger partial charge in [-0.2, -0.15) is 0 Å². The van der Waals surface area contributed by atoms with E-state index in [1.54, 1.807) is 0 Å². The maximum atomic E-state index is 2.52. The van der Waals surface area contributed by atoms with Crippen LogP contribution >= 0.6 is 11.3 Å².